The molecule has 0 saturated heterocycles. The van der Waals surface area contributed by atoms with Crippen LogP contribution in [0.25, 0.3) is 0 Å². The monoisotopic (exact) mass is 552 g/mol. The summed E-state index contributed by atoms with van der Waals surface area (Å²) in [6, 6.07) is 17.4. The fourth-order valence-corrected chi connectivity index (χ4v) is 3.56. The van der Waals surface area contributed by atoms with Crippen LogP contribution >= 0.6 is 11.6 Å². The SMILES string of the molecule is COc1ccc(CCNC(=O)C(=O)N/N=C\c2ccc(OCC(=O)Nc3cccc(Cl)c3C)cc2)cc1OC. The minimum absolute atomic E-state index is 0.184. The van der Waals surface area contributed by atoms with Crippen molar-refractivity contribution in [2.75, 3.05) is 32.7 Å². The molecule has 0 unspecified atom stereocenters. The van der Waals surface area contributed by atoms with Gasteiger partial charge in [-0.15, -0.1) is 0 Å². The second-order valence-electron chi connectivity index (χ2n) is 8.21. The number of anilines is 1. The molecule has 0 spiro atoms. The molecule has 11 heteroatoms. The van der Waals surface area contributed by atoms with E-state index in [1.165, 1.54) is 6.21 Å². The normalized spacial score (nSPS) is 10.6. The first-order chi connectivity index (χ1) is 18.8. The number of hydrogen-bond acceptors (Lipinski definition) is 7. The number of benzene rings is 3. The minimum Gasteiger partial charge on any atom is -0.493 e. The van der Waals surface area contributed by atoms with Crippen molar-refractivity contribution in [2.45, 2.75) is 13.3 Å². The van der Waals surface area contributed by atoms with Gasteiger partial charge in [-0.1, -0.05) is 23.7 Å². The van der Waals surface area contributed by atoms with Gasteiger partial charge in [0.1, 0.15) is 5.75 Å². The zero-order valence-corrected chi connectivity index (χ0v) is 22.5. The standard InChI is InChI=1S/C28H29ClN4O6/c1-18-22(29)5-4-6-23(18)32-26(34)17-39-21-10-7-20(8-11-21)16-31-33-28(36)27(35)30-14-13-19-9-12-24(37-2)25(15-19)38-3/h4-12,15-16H,13-14,17H2,1-3H3,(H,30,35)(H,32,34)(H,33,36)/b31-16-. The number of hydrogen-bond donors (Lipinski definition) is 3. The van der Waals surface area contributed by atoms with Gasteiger partial charge in [0.2, 0.25) is 0 Å². The second-order valence-corrected chi connectivity index (χ2v) is 8.62. The Morgan fingerprint density at radius 1 is 0.949 bits per heavy atom. The molecule has 3 aromatic carbocycles. The van der Waals surface area contributed by atoms with E-state index in [1.54, 1.807) is 62.8 Å². The number of carbonyl (C=O) groups is 3. The van der Waals surface area contributed by atoms with Crippen molar-refractivity contribution in [3.63, 3.8) is 0 Å². The molecule has 3 amide bonds. The van der Waals surface area contributed by atoms with Crippen molar-refractivity contribution < 1.29 is 28.6 Å². The third kappa shape index (κ3) is 8.75. The summed E-state index contributed by atoms with van der Waals surface area (Å²) in [5.41, 5.74) is 5.14. The van der Waals surface area contributed by atoms with Crippen LogP contribution in [0.5, 0.6) is 17.2 Å². The number of nitrogens with zero attached hydrogens (tertiary/aromatic N) is 1. The molecule has 0 aliphatic heterocycles. The van der Waals surface area contributed by atoms with Gasteiger partial charge in [-0.2, -0.15) is 5.10 Å². The molecule has 0 atom stereocenters. The number of carbonyl (C=O) groups excluding carboxylic acids is 3. The average Bonchev–Trinajstić information content (AvgIpc) is 2.94. The van der Waals surface area contributed by atoms with Crippen molar-refractivity contribution >= 4 is 41.2 Å². The van der Waals surface area contributed by atoms with Crippen molar-refractivity contribution in [1.82, 2.24) is 10.7 Å². The number of amides is 3. The summed E-state index contributed by atoms with van der Waals surface area (Å²) in [5.74, 6) is -0.347. The molecule has 0 fully saturated rings. The Morgan fingerprint density at radius 2 is 1.69 bits per heavy atom. The third-order valence-electron chi connectivity index (χ3n) is 5.52. The van der Waals surface area contributed by atoms with E-state index in [9.17, 15) is 14.4 Å². The van der Waals surface area contributed by atoms with Gasteiger partial charge in [0.15, 0.2) is 18.1 Å². The molecule has 0 aliphatic carbocycles. The summed E-state index contributed by atoms with van der Waals surface area (Å²) in [6.07, 6.45) is 1.88. The summed E-state index contributed by atoms with van der Waals surface area (Å²) in [7, 11) is 3.10. The lowest BCUT2D eigenvalue weighted by atomic mass is 10.1. The molecular weight excluding hydrogens is 524 g/mol. The third-order valence-corrected chi connectivity index (χ3v) is 5.93. The number of ether oxygens (including phenoxy) is 3. The molecule has 10 nitrogen and oxygen atoms in total. The van der Waals surface area contributed by atoms with Crippen molar-refractivity contribution in [2.24, 2.45) is 5.10 Å². The Labute approximate surface area is 231 Å². The van der Waals surface area contributed by atoms with Crippen LogP contribution in [0.2, 0.25) is 5.02 Å². The number of halogens is 1. The van der Waals surface area contributed by atoms with Crippen LogP contribution in [0, 0.1) is 6.92 Å². The van der Waals surface area contributed by atoms with Gasteiger partial charge < -0.3 is 24.8 Å². The van der Waals surface area contributed by atoms with Crippen molar-refractivity contribution in [3.05, 3.63) is 82.4 Å². The van der Waals surface area contributed by atoms with Gasteiger partial charge in [0.25, 0.3) is 5.91 Å². The van der Waals surface area contributed by atoms with Crippen LogP contribution in [0.4, 0.5) is 5.69 Å². The van der Waals surface area contributed by atoms with Crippen LogP contribution in [0.15, 0.2) is 65.8 Å². The van der Waals surface area contributed by atoms with Gasteiger partial charge in [0.05, 0.1) is 20.4 Å². The Hall–Kier alpha value is -4.57. The number of nitrogens with one attached hydrogen (secondary N) is 3. The fourth-order valence-electron chi connectivity index (χ4n) is 3.38. The highest BCUT2D eigenvalue weighted by Gasteiger charge is 2.12. The van der Waals surface area contributed by atoms with E-state index in [2.05, 4.69) is 21.2 Å². The topological polar surface area (TPSA) is 127 Å². The molecule has 3 aromatic rings. The molecule has 204 valence electrons. The van der Waals surface area contributed by atoms with Gasteiger partial charge in [-0.25, -0.2) is 5.43 Å². The molecule has 0 radical (unpaired) electrons. The second kappa shape index (κ2) is 14.4. The van der Waals surface area contributed by atoms with E-state index >= 15 is 0 Å². The fraction of sp³-hybridized carbons (Fsp3) is 0.214. The quantitative estimate of drug-likeness (QED) is 0.190. The predicted octanol–water partition coefficient (Wildman–Crippen LogP) is 3.49. The van der Waals surface area contributed by atoms with E-state index in [4.69, 9.17) is 25.8 Å². The van der Waals surface area contributed by atoms with Crippen LogP contribution in [0.3, 0.4) is 0 Å². The van der Waals surface area contributed by atoms with E-state index in [0.29, 0.717) is 39.9 Å². The van der Waals surface area contributed by atoms with Crippen LogP contribution in [0.1, 0.15) is 16.7 Å². The Kier molecular flexibility index (Phi) is 10.7. The first kappa shape index (κ1) is 29.0. The lowest BCUT2D eigenvalue weighted by molar-refractivity contribution is -0.139. The first-order valence-corrected chi connectivity index (χ1v) is 12.3. The molecule has 0 saturated carbocycles. The maximum atomic E-state index is 12.2. The number of methoxy groups -OCH3 is 2. The van der Waals surface area contributed by atoms with Gasteiger partial charge in [-0.05, 0) is 78.6 Å². The van der Waals surface area contributed by atoms with E-state index < -0.39 is 11.8 Å². The molecule has 0 aliphatic rings. The van der Waals surface area contributed by atoms with Gasteiger partial charge in [-0.3, -0.25) is 14.4 Å². The summed E-state index contributed by atoms with van der Waals surface area (Å²) in [4.78, 5) is 36.2. The van der Waals surface area contributed by atoms with Crippen molar-refractivity contribution in [1.29, 1.82) is 0 Å². The van der Waals surface area contributed by atoms with E-state index in [-0.39, 0.29) is 19.1 Å². The Morgan fingerprint density at radius 3 is 2.41 bits per heavy atom. The molecule has 0 bridgehead atoms. The highest BCUT2D eigenvalue weighted by atomic mass is 35.5. The molecule has 3 rings (SSSR count). The maximum absolute atomic E-state index is 12.2. The molecular formula is C28H29ClN4O6. The number of hydrazone groups is 1. The van der Waals surface area contributed by atoms with Gasteiger partial charge in [0, 0.05) is 17.3 Å². The predicted molar refractivity (Wildman–Crippen MR) is 149 cm³/mol. The smallest absolute Gasteiger partial charge is 0.329 e. The Bertz CT molecular complexity index is 1340. The zero-order chi connectivity index (χ0) is 28.2. The average molecular weight is 553 g/mol. The molecule has 39 heavy (non-hydrogen) atoms. The molecule has 0 heterocycles. The maximum Gasteiger partial charge on any atom is 0.329 e. The van der Waals surface area contributed by atoms with Crippen LogP contribution in [-0.4, -0.2) is 51.3 Å². The summed E-state index contributed by atoms with van der Waals surface area (Å²) < 4.78 is 16.0. The zero-order valence-electron chi connectivity index (χ0n) is 21.7. The number of rotatable bonds is 11. The highest BCUT2D eigenvalue weighted by Crippen LogP contribution is 2.27. The van der Waals surface area contributed by atoms with E-state index in [0.717, 1.165) is 11.1 Å². The molecule has 0 aromatic heterocycles. The largest absolute Gasteiger partial charge is 0.493 e. The minimum atomic E-state index is -0.889. The van der Waals surface area contributed by atoms with Gasteiger partial charge >= 0.3 is 11.8 Å². The van der Waals surface area contributed by atoms with Crippen LogP contribution < -0.4 is 30.3 Å². The van der Waals surface area contributed by atoms with E-state index in [1.807, 2.05) is 19.1 Å². The molecule has 3 N–H and O–H groups in total. The Balaban J connectivity index is 1.39. The first-order valence-electron chi connectivity index (χ1n) is 11.9. The lowest BCUT2D eigenvalue weighted by Crippen LogP contribution is -2.38. The summed E-state index contributed by atoms with van der Waals surface area (Å²) >= 11 is 6.07. The van der Waals surface area contributed by atoms with Crippen molar-refractivity contribution in [3.8, 4) is 17.2 Å². The highest BCUT2D eigenvalue weighted by molar-refractivity contribution is 6.35. The summed E-state index contributed by atoms with van der Waals surface area (Å²) in [6.45, 7) is 1.88. The lowest BCUT2D eigenvalue weighted by Gasteiger charge is -2.10. The van der Waals surface area contributed by atoms with Crippen LogP contribution in [-0.2, 0) is 20.8 Å². The summed E-state index contributed by atoms with van der Waals surface area (Å²) in [5, 5.41) is 9.67.